The molecule has 6 heteroatoms. The van der Waals surface area contributed by atoms with Crippen LogP contribution in [0.5, 0.6) is 0 Å². The van der Waals surface area contributed by atoms with Crippen LogP contribution >= 0.6 is 11.3 Å². The van der Waals surface area contributed by atoms with E-state index in [9.17, 15) is 20.0 Å². The van der Waals surface area contributed by atoms with Gasteiger partial charge in [-0.1, -0.05) is 30.3 Å². The Morgan fingerprint density at radius 3 is 2.48 bits per heavy atom. The van der Waals surface area contributed by atoms with Gasteiger partial charge in [0.25, 0.3) is 0 Å². The van der Waals surface area contributed by atoms with Crippen molar-refractivity contribution in [1.82, 2.24) is 0 Å². The molecule has 2 N–H and O–H groups in total. The largest absolute Gasteiger partial charge is 0.481 e. The van der Waals surface area contributed by atoms with Gasteiger partial charge in [0.2, 0.25) is 5.91 Å². The SMILES string of the molecule is Cc1sc(NC(=O)[C@H]2[C@H]3CC[C@@H](C3)[C@H]2C(=O)O)c(C#N)c1-c1ccccc1. The van der Waals surface area contributed by atoms with Crippen LogP contribution in [0.3, 0.4) is 0 Å². The highest BCUT2D eigenvalue weighted by Crippen LogP contribution is 2.53. The van der Waals surface area contributed by atoms with Gasteiger partial charge in [-0.2, -0.15) is 5.26 Å². The van der Waals surface area contributed by atoms with Crippen molar-refractivity contribution in [1.29, 1.82) is 5.26 Å². The van der Waals surface area contributed by atoms with E-state index in [1.54, 1.807) is 0 Å². The summed E-state index contributed by atoms with van der Waals surface area (Å²) in [6, 6.07) is 11.9. The summed E-state index contributed by atoms with van der Waals surface area (Å²) >= 11 is 1.38. The molecule has 27 heavy (non-hydrogen) atoms. The lowest BCUT2D eigenvalue weighted by Crippen LogP contribution is -2.37. The van der Waals surface area contributed by atoms with E-state index in [0.717, 1.165) is 35.3 Å². The van der Waals surface area contributed by atoms with Crippen LogP contribution in [0.2, 0.25) is 0 Å². The number of amides is 1. The molecule has 2 fully saturated rings. The summed E-state index contributed by atoms with van der Waals surface area (Å²) in [5.41, 5.74) is 2.22. The number of thiophene rings is 1. The Morgan fingerprint density at radius 1 is 1.19 bits per heavy atom. The van der Waals surface area contributed by atoms with Gasteiger partial charge in [0.15, 0.2) is 0 Å². The molecule has 1 amide bonds. The quantitative estimate of drug-likeness (QED) is 0.828. The highest BCUT2D eigenvalue weighted by molar-refractivity contribution is 7.17. The number of aliphatic carboxylic acids is 1. The first-order valence-corrected chi connectivity index (χ1v) is 9.95. The maximum Gasteiger partial charge on any atom is 0.307 e. The van der Waals surface area contributed by atoms with Crippen LogP contribution in [0, 0.1) is 41.9 Å². The Bertz CT molecular complexity index is 944. The van der Waals surface area contributed by atoms with Crippen LogP contribution in [-0.4, -0.2) is 17.0 Å². The summed E-state index contributed by atoms with van der Waals surface area (Å²) in [4.78, 5) is 25.6. The summed E-state index contributed by atoms with van der Waals surface area (Å²) in [5.74, 6) is -2.01. The minimum atomic E-state index is -0.879. The van der Waals surface area contributed by atoms with Crippen molar-refractivity contribution >= 4 is 28.2 Å². The number of nitrogens with one attached hydrogen (secondary N) is 1. The molecule has 2 aliphatic rings. The number of carboxylic acid groups (broad SMARTS) is 1. The Kier molecular flexibility index (Phi) is 4.48. The minimum Gasteiger partial charge on any atom is -0.481 e. The number of nitriles is 1. The molecule has 1 heterocycles. The van der Waals surface area contributed by atoms with Crippen LogP contribution < -0.4 is 5.32 Å². The van der Waals surface area contributed by atoms with E-state index in [2.05, 4.69) is 11.4 Å². The van der Waals surface area contributed by atoms with Crippen LogP contribution in [0.15, 0.2) is 30.3 Å². The zero-order valence-corrected chi connectivity index (χ0v) is 15.8. The molecule has 2 aliphatic carbocycles. The molecule has 0 spiro atoms. The average Bonchev–Trinajstić information content (AvgIpc) is 3.34. The molecule has 2 bridgehead atoms. The van der Waals surface area contributed by atoms with E-state index in [1.807, 2.05) is 37.3 Å². The number of aryl methyl sites for hydroxylation is 1. The number of hydrogen-bond donors (Lipinski definition) is 2. The Labute approximate surface area is 161 Å². The molecule has 4 rings (SSSR count). The number of anilines is 1. The number of carbonyl (C=O) groups is 2. The second-order valence-electron chi connectivity index (χ2n) is 7.43. The Morgan fingerprint density at radius 2 is 1.85 bits per heavy atom. The van der Waals surface area contributed by atoms with Crippen molar-refractivity contribution < 1.29 is 14.7 Å². The molecule has 1 aromatic carbocycles. The molecule has 1 aromatic heterocycles. The molecule has 4 atom stereocenters. The number of rotatable bonds is 4. The molecule has 2 saturated carbocycles. The first-order chi connectivity index (χ1) is 13.0. The number of benzene rings is 1. The molecule has 5 nitrogen and oxygen atoms in total. The van der Waals surface area contributed by atoms with Gasteiger partial charge in [-0.25, -0.2) is 0 Å². The first kappa shape index (κ1) is 17.7. The highest BCUT2D eigenvalue weighted by Gasteiger charge is 2.54. The molecular weight excluding hydrogens is 360 g/mol. The van der Waals surface area contributed by atoms with Gasteiger partial charge in [0.05, 0.1) is 17.4 Å². The van der Waals surface area contributed by atoms with Gasteiger partial charge < -0.3 is 10.4 Å². The molecule has 0 aliphatic heterocycles. The van der Waals surface area contributed by atoms with Crippen LogP contribution in [0.25, 0.3) is 11.1 Å². The summed E-state index contributed by atoms with van der Waals surface area (Å²) < 4.78 is 0. The maximum atomic E-state index is 13.0. The predicted molar refractivity (Wildman–Crippen MR) is 103 cm³/mol. The normalized spacial score (nSPS) is 25.9. The highest BCUT2D eigenvalue weighted by atomic mass is 32.1. The fourth-order valence-electron chi connectivity index (χ4n) is 4.91. The summed E-state index contributed by atoms with van der Waals surface area (Å²) in [6.07, 6.45) is 2.63. The van der Waals surface area contributed by atoms with Gasteiger partial charge in [-0.15, -0.1) is 11.3 Å². The van der Waals surface area contributed by atoms with Crippen LogP contribution in [0.4, 0.5) is 5.00 Å². The Balaban J connectivity index is 1.65. The number of nitrogens with zero attached hydrogens (tertiary/aromatic N) is 1. The van der Waals surface area contributed by atoms with Gasteiger partial charge >= 0.3 is 5.97 Å². The maximum absolute atomic E-state index is 13.0. The standard InChI is InChI=1S/C21H20N2O3S/c1-11-16(12-5-3-2-4-6-12)15(10-22)20(27-11)23-19(24)17-13-7-8-14(9-13)18(17)21(25)26/h2-6,13-14,17-18H,7-9H2,1H3,(H,23,24)(H,25,26)/t13-,14-,17-,18+/m0/s1. The lowest BCUT2D eigenvalue weighted by Gasteiger charge is -2.26. The fraction of sp³-hybridized carbons (Fsp3) is 0.381. The van der Waals surface area contributed by atoms with Gasteiger partial charge in [-0.3, -0.25) is 9.59 Å². The molecular formula is C21H20N2O3S. The minimum absolute atomic E-state index is 0.101. The second-order valence-corrected chi connectivity index (χ2v) is 8.65. The summed E-state index contributed by atoms with van der Waals surface area (Å²) in [5, 5.41) is 22.7. The lowest BCUT2D eigenvalue weighted by atomic mass is 9.79. The molecule has 138 valence electrons. The third-order valence-electron chi connectivity index (χ3n) is 6.00. The van der Waals surface area contributed by atoms with Crippen LogP contribution in [-0.2, 0) is 9.59 Å². The smallest absolute Gasteiger partial charge is 0.307 e. The van der Waals surface area contributed by atoms with E-state index in [4.69, 9.17) is 0 Å². The fourth-order valence-corrected chi connectivity index (χ4v) is 5.94. The number of carbonyl (C=O) groups excluding carboxylic acids is 1. The summed E-state index contributed by atoms with van der Waals surface area (Å²) in [6.45, 7) is 1.93. The third-order valence-corrected chi connectivity index (χ3v) is 7.02. The van der Waals surface area contributed by atoms with Crippen molar-refractivity contribution in [2.45, 2.75) is 26.2 Å². The predicted octanol–water partition coefficient (Wildman–Crippen LogP) is 4.28. The zero-order valence-electron chi connectivity index (χ0n) is 14.9. The molecule has 0 unspecified atom stereocenters. The van der Waals surface area contributed by atoms with Crippen molar-refractivity contribution in [3.05, 3.63) is 40.8 Å². The van der Waals surface area contributed by atoms with Gasteiger partial charge in [0, 0.05) is 10.4 Å². The van der Waals surface area contributed by atoms with Crippen LogP contribution in [0.1, 0.15) is 29.7 Å². The molecule has 2 aromatic rings. The molecule has 0 saturated heterocycles. The van der Waals surface area contributed by atoms with Crippen molar-refractivity contribution in [2.75, 3.05) is 5.32 Å². The Hall–Kier alpha value is -2.65. The number of fused-ring (bicyclic) bond motifs is 2. The zero-order chi connectivity index (χ0) is 19.1. The third kappa shape index (κ3) is 2.92. The molecule has 0 radical (unpaired) electrons. The van der Waals surface area contributed by atoms with E-state index in [0.29, 0.717) is 10.6 Å². The van der Waals surface area contributed by atoms with E-state index in [1.165, 1.54) is 11.3 Å². The topological polar surface area (TPSA) is 90.2 Å². The van der Waals surface area contributed by atoms with E-state index < -0.39 is 17.8 Å². The van der Waals surface area contributed by atoms with Crippen molar-refractivity contribution in [2.24, 2.45) is 23.7 Å². The number of hydrogen-bond acceptors (Lipinski definition) is 4. The van der Waals surface area contributed by atoms with E-state index in [-0.39, 0.29) is 17.7 Å². The first-order valence-electron chi connectivity index (χ1n) is 9.13. The van der Waals surface area contributed by atoms with Crippen molar-refractivity contribution in [3.63, 3.8) is 0 Å². The van der Waals surface area contributed by atoms with Gasteiger partial charge in [0.1, 0.15) is 11.1 Å². The second kappa shape index (κ2) is 6.82. The summed E-state index contributed by atoms with van der Waals surface area (Å²) in [7, 11) is 0. The average molecular weight is 380 g/mol. The number of carboxylic acids is 1. The van der Waals surface area contributed by atoms with E-state index >= 15 is 0 Å². The van der Waals surface area contributed by atoms with Crippen molar-refractivity contribution in [3.8, 4) is 17.2 Å². The monoisotopic (exact) mass is 380 g/mol. The van der Waals surface area contributed by atoms with Gasteiger partial charge in [-0.05, 0) is 43.6 Å². The lowest BCUT2D eigenvalue weighted by molar-refractivity contribution is -0.148.